The number of hydrogen-bond donors (Lipinski definition) is 2. The highest BCUT2D eigenvalue weighted by Crippen LogP contribution is 2.13. The summed E-state index contributed by atoms with van der Waals surface area (Å²) < 4.78 is 4.79. The van der Waals surface area contributed by atoms with Crippen LogP contribution < -0.4 is 0 Å². The van der Waals surface area contributed by atoms with Crippen LogP contribution in [0.5, 0.6) is 0 Å². The minimum absolute atomic E-state index is 0.0162. The van der Waals surface area contributed by atoms with Gasteiger partial charge in [0, 0.05) is 0 Å². The predicted molar refractivity (Wildman–Crippen MR) is 42.3 cm³/mol. The molecule has 1 rings (SSSR count). The summed E-state index contributed by atoms with van der Waals surface area (Å²) in [5, 5.41) is 14.5. The van der Waals surface area contributed by atoms with Crippen LogP contribution in [0.4, 0.5) is 0 Å². The van der Waals surface area contributed by atoms with Gasteiger partial charge in [0.15, 0.2) is 5.92 Å². The number of carboxylic acids is 1. The van der Waals surface area contributed by atoms with Crippen LogP contribution in [0, 0.1) is 4.84 Å². The standard InChI is InChI=1S/C6H6N2O3S/c1-2-3(5(9)10)4-7-8-6(12)11-4/h2-3H,1H2,(H,8,12)(H,9,10). The maximum absolute atomic E-state index is 10.5. The fourth-order valence-electron chi connectivity index (χ4n) is 0.682. The van der Waals surface area contributed by atoms with Crippen LogP contribution in [0.2, 0.25) is 0 Å². The van der Waals surface area contributed by atoms with E-state index in [1.165, 1.54) is 6.08 Å². The van der Waals surface area contributed by atoms with Crippen molar-refractivity contribution in [3.05, 3.63) is 23.4 Å². The molecule has 0 aliphatic heterocycles. The van der Waals surface area contributed by atoms with Crippen LogP contribution in [0.1, 0.15) is 11.8 Å². The lowest BCUT2D eigenvalue weighted by molar-refractivity contribution is -0.138. The molecule has 0 spiro atoms. The Morgan fingerprint density at radius 2 is 2.58 bits per heavy atom. The highest BCUT2D eigenvalue weighted by Gasteiger charge is 2.20. The van der Waals surface area contributed by atoms with E-state index in [2.05, 4.69) is 29.0 Å². The summed E-state index contributed by atoms with van der Waals surface area (Å²) in [4.78, 5) is 10.6. The molecule has 0 saturated carbocycles. The Morgan fingerprint density at radius 3 is 2.92 bits per heavy atom. The highest BCUT2D eigenvalue weighted by atomic mass is 32.1. The van der Waals surface area contributed by atoms with Gasteiger partial charge in [-0.25, -0.2) is 5.10 Å². The van der Waals surface area contributed by atoms with E-state index in [0.29, 0.717) is 0 Å². The van der Waals surface area contributed by atoms with Crippen LogP contribution in [-0.2, 0) is 4.79 Å². The van der Waals surface area contributed by atoms with Gasteiger partial charge in [0.2, 0.25) is 5.89 Å². The van der Waals surface area contributed by atoms with E-state index in [0.717, 1.165) is 0 Å². The molecular formula is C6H6N2O3S. The molecule has 64 valence electrons. The zero-order valence-corrected chi connectivity index (χ0v) is 6.80. The van der Waals surface area contributed by atoms with Crippen molar-refractivity contribution in [1.29, 1.82) is 0 Å². The Bertz CT molecular complexity index is 354. The normalized spacial score (nSPS) is 12.3. The third-order valence-electron chi connectivity index (χ3n) is 1.22. The smallest absolute Gasteiger partial charge is 0.319 e. The van der Waals surface area contributed by atoms with Crippen LogP contribution in [0.3, 0.4) is 0 Å². The van der Waals surface area contributed by atoms with Crippen molar-refractivity contribution in [2.24, 2.45) is 0 Å². The average molecular weight is 186 g/mol. The number of aromatic nitrogens is 2. The van der Waals surface area contributed by atoms with Gasteiger partial charge in [0.1, 0.15) is 0 Å². The number of carbonyl (C=O) groups is 1. The lowest BCUT2D eigenvalue weighted by Crippen LogP contribution is -2.08. The van der Waals surface area contributed by atoms with Gasteiger partial charge >= 0.3 is 5.97 Å². The van der Waals surface area contributed by atoms with Gasteiger partial charge in [-0.05, 0) is 12.2 Å². The van der Waals surface area contributed by atoms with E-state index < -0.39 is 11.9 Å². The molecule has 1 heterocycles. The summed E-state index contributed by atoms with van der Waals surface area (Å²) in [6.07, 6.45) is 1.22. The topological polar surface area (TPSA) is 79.1 Å². The molecule has 5 nitrogen and oxygen atoms in total. The van der Waals surface area contributed by atoms with Crippen molar-refractivity contribution < 1.29 is 14.3 Å². The number of nitrogens with one attached hydrogen (secondary N) is 1. The quantitative estimate of drug-likeness (QED) is 0.545. The third-order valence-corrected chi connectivity index (χ3v) is 1.40. The second-order valence-corrected chi connectivity index (χ2v) is 2.37. The van der Waals surface area contributed by atoms with Crippen molar-refractivity contribution in [2.45, 2.75) is 5.92 Å². The van der Waals surface area contributed by atoms with Crippen LogP contribution in [0.25, 0.3) is 0 Å². The molecule has 0 bridgehead atoms. The molecule has 0 saturated heterocycles. The van der Waals surface area contributed by atoms with Gasteiger partial charge in [-0.3, -0.25) is 4.79 Å². The summed E-state index contributed by atoms with van der Waals surface area (Å²) >= 11 is 4.57. The first kappa shape index (κ1) is 8.66. The first-order valence-corrected chi connectivity index (χ1v) is 3.46. The summed E-state index contributed by atoms with van der Waals surface area (Å²) in [6, 6.07) is 0. The zero-order chi connectivity index (χ0) is 9.14. The molecule has 1 atom stereocenters. The summed E-state index contributed by atoms with van der Waals surface area (Å²) in [6.45, 7) is 3.34. The first-order valence-electron chi connectivity index (χ1n) is 3.06. The maximum Gasteiger partial charge on any atom is 0.319 e. The van der Waals surface area contributed by atoms with Crippen molar-refractivity contribution in [3.8, 4) is 0 Å². The molecule has 0 aliphatic carbocycles. The average Bonchev–Trinajstić information content (AvgIpc) is 2.37. The minimum atomic E-state index is -1.07. The molecule has 0 aliphatic rings. The van der Waals surface area contributed by atoms with Crippen molar-refractivity contribution in [2.75, 3.05) is 0 Å². The van der Waals surface area contributed by atoms with E-state index in [1.54, 1.807) is 0 Å². The Balaban J connectivity index is 3.02. The number of nitrogens with zero attached hydrogens (tertiary/aromatic N) is 1. The van der Waals surface area contributed by atoms with Crippen LogP contribution in [0.15, 0.2) is 17.1 Å². The van der Waals surface area contributed by atoms with Gasteiger partial charge in [-0.2, -0.15) is 0 Å². The molecular weight excluding hydrogens is 180 g/mol. The lowest BCUT2D eigenvalue weighted by Gasteiger charge is -1.98. The molecule has 1 unspecified atom stereocenters. The lowest BCUT2D eigenvalue weighted by atomic mass is 10.1. The molecule has 0 amide bonds. The maximum atomic E-state index is 10.5. The molecule has 1 aromatic heterocycles. The van der Waals surface area contributed by atoms with Crippen LogP contribution >= 0.6 is 12.2 Å². The largest absolute Gasteiger partial charge is 0.480 e. The van der Waals surface area contributed by atoms with E-state index in [1.807, 2.05) is 0 Å². The summed E-state index contributed by atoms with van der Waals surface area (Å²) in [7, 11) is 0. The molecule has 1 aromatic rings. The minimum Gasteiger partial charge on any atom is -0.480 e. The zero-order valence-electron chi connectivity index (χ0n) is 5.98. The monoisotopic (exact) mass is 186 g/mol. The molecule has 12 heavy (non-hydrogen) atoms. The third kappa shape index (κ3) is 1.59. The number of rotatable bonds is 3. The molecule has 0 fully saturated rings. The summed E-state index contributed by atoms with van der Waals surface area (Å²) in [5.74, 6) is -2.00. The van der Waals surface area contributed by atoms with Crippen molar-refractivity contribution >= 4 is 18.2 Å². The Hall–Kier alpha value is -1.43. The van der Waals surface area contributed by atoms with Crippen molar-refractivity contribution in [1.82, 2.24) is 10.2 Å². The van der Waals surface area contributed by atoms with Gasteiger partial charge in [0.25, 0.3) is 4.84 Å². The SMILES string of the molecule is C=CC(C(=O)O)c1n[nH]c(=S)o1. The van der Waals surface area contributed by atoms with E-state index in [4.69, 9.17) is 9.52 Å². The number of carboxylic acid groups (broad SMARTS) is 1. The van der Waals surface area contributed by atoms with Gasteiger partial charge in [-0.15, -0.1) is 11.7 Å². The first-order chi connectivity index (χ1) is 5.65. The number of aliphatic carboxylic acids is 1. The van der Waals surface area contributed by atoms with Crippen molar-refractivity contribution in [3.63, 3.8) is 0 Å². The van der Waals surface area contributed by atoms with E-state index in [9.17, 15) is 4.79 Å². The van der Waals surface area contributed by atoms with Gasteiger partial charge in [-0.1, -0.05) is 6.08 Å². The Kier molecular flexibility index (Phi) is 2.39. The van der Waals surface area contributed by atoms with Gasteiger partial charge < -0.3 is 9.52 Å². The molecule has 0 radical (unpaired) electrons. The fourth-order valence-corrected chi connectivity index (χ4v) is 0.813. The fraction of sp³-hybridized carbons (Fsp3) is 0.167. The molecule has 6 heteroatoms. The van der Waals surface area contributed by atoms with E-state index >= 15 is 0 Å². The van der Waals surface area contributed by atoms with Crippen LogP contribution in [-0.4, -0.2) is 21.3 Å². The molecule has 2 N–H and O–H groups in total. The Morgan fingerprint density at radius 1 is 1.92 bits per heavy atom. The second-order valence-electron chi connectivity index (χ2n) is 2.00. The molecule has 0 aromatic carbocycles. The number of hydrogen-bond acceptors (Lipinski definition) is 4. The Labute approximate surface area is 72.7 Å². The number of aromatic amines is 1. The number of H-pyrrole nitrogens is 1. The van der Waals surface area contributed by atoms with E-state index in [-0.39, 0.29) is 10.7 Å². The van der Waals surface area contributed by atoms with Gasteiger partial charge in [0.05, 0.1) is 0 Å². The predicted octanol–water partition coefficient (Wildman–Crippen LogP) is 1.09. The highest BCUT2D eigenvalue weighted by molar-refractivity contribution is 7.71. The second kappa shape index (κ2) is 3.31. The summed E-state index contributed by atoms with van der Waals surface area (Å²) in [5.41, 5.74) is 0.